The summed E-state index contributed by atoms with van der Waals surface area (Å²) in [5.74, 6) is 0.817. The molecular formula is C21H28N2O2. The van der Waals surface area contributed by atoms with E-state index in [1.54, 1.807) is 0 Å². The highest BCUT2D eigenvalue weighted by Crippen LogP contribution is 2.16. The standard InChI is InChI=1S/C21H28N2O2/c1-22(14-18-6-3-2-4-7-18)16-20(24)17-25-21-10-8-19(9-11-21)15-23-12-5-13-23/h2-4,6-11,20,24H,5,12-17H2,1H3/t20-/m0/s1. The lowest BCUT2D eigenvalue weighted by molar-refractivity contribution is 0.0744. The Hall–Kier alpha value is -1.88. The zero-order valence-electron chi connectivity index (χ0n) is 15.0. The average Bonchev–Trinajstić information content (AvgIpc) is 2.58. The third-order valence-corrected chi connectivity index (χ3v) is 4.54. The molecule has 3 rings (SSSR count). The molecule has 4 heteroatoms. The van der Waals surface area contributed by atoms with E-state index in [0.29, 0.717) is 13.2 Å². The molecule has 2 aromatic rings. The molecule has 0 amide bonds. The van der Waals surface area contributed by atoms with Crippen molar-refractivity contribution >= 4 is 0 Å². The Morgan fingerprint density at radius 3 is 2.40 bits per heavy atom. The van der Waals surface area contributed by atoms with E-state index >= 15 is 0 Å². The van der Waals surface area contributed by atoms with Crippen molar-refractivity contribution in [1.82, 2.24) is 9.80 Å². The number of rotatable bonds is 9. The molecule has 0 spiro atoms. The first-order valence-electron chi connectivity index (χ1n) is 9.04. The summed E-state index contributed by atoms with van der Waals surface area (Å²) in [7, 11) is 2.01. The highest BCUT2D eigenvalue weighted by Gasteiger charge is 2.14. The molecule has 0 saturated carbocycles. The molecule has 0 unspecified atom stereocenters. The molecule has 4 nitrogen and oxygen atoms in total. The number of likely N-dealkylation sites (N-methyl/N-ethyl adjacent to an activating group) is 1. The van der Waals surface area contributed by atoms with E-state index < -0.39 is 6.10 Å². The molecule has 1 heterocycles. The molecule has 0 aliphatic carbocycles. The van der Waals surface area contributed by atoms with Gasteiger partial charge >= 0.3 is 0 Å². The lowest BCUT2D eigenvalue weighted by atomic mass is 10.1. The van der Waals surface area contributed by atoms with Gasteiger partial charge in [-0.1, -0.05) is 42.5 Å². The van der Waals surface area contributed by atoms with Crippen molar-refractivity contribution in [1.29, 1.82) is 0 Å². The SMILES string of the molecule is CN(Cc1ccccc1)C[C@H](O)COc1ccc(CN2CCC2)cc1. The maximum absolute atomic E-state index is 10.2. The minimum absolute atomic E-state index is 0.310. The van der Waals surface area contributed by atoms with Crippen LogP contribution in [-0.2, 0) is 13.1 Å². The van der Waals surface area contributed by atoms with Gasteiger partial charge in [0.1, 0.15) is 18.5 Å². The second-order valence-corrected chi connectivity index (χ2v) is 6.92. The van der Waals surface area contributed by atoms with E-state index in [1.807, 2.05) is 37.4 Å². The average molecular weight is 340 g/mol. The van der Waals surface area contributed by atoms with Gasteiger partial charge in [0.05, 0.1) is 0 Å². The third-order valence-electron chi connectivity index (χ3n) is 4.54. The summed E-state index contributed by atoms with van der Waals surface area (Å²) in [4.78, 5) is 4.54. The van der Waals surface area contributed by atoms with E-state index in [4.69, 9.17) is 4.74 Å². The molecule has 0 aromatic heterocycles. The zero-order chi connectivity index (χ0) is 17.5. The highest BCUT2D eigenvalue weighted by molar-refractivity contribution is 5.27. The molecule has 1 aliphatic rings. The van der Waals surface area contributed by atoms with Gasteiger partial charge in [-0.05, 0) is 49.8 Å². The van der Waals surface area contributed by atoms with Crippen LogP contribution in [0.5, 0.6) is 5.75 Å². The highest BCUT2D eigenvalue weighted by atomic mass is 16.5. The first kappa shape index (κ1) is 17.9. The second kappa shape index (κ2) is 8.99. The summed E-state index contributed by atoms with van der Waals surface area (Å²) in [6.07, 6.45) is 0.812. The molecule has 1 fully saturated rings. The lowest BCUT2D eigenvalue weighted by Gasteiger charge is -2.30. The number of aliphatic hydroxyl groups is 1. The summed E-state index contributed by atoms with van der Waals surface area (Å²) in [6.45, 7) is 5.16. The van der Waals surface area contributed by atoms with Crippen LogP contribution in [0.4, 0.5) is 0 Å². The lowest BCUT2D eigenvalue weighted by Crippen LogP contribution is -2.36. The summed E-state index contributed by atoms with van der Waals surface area (Å²) in [5.41, 5.74) is 2.56. The molecule has 1 N–H and O–H groups in total. The Labute approximate surface area is 150 Å². The fraction of sp³-hybridized carbons (Fsp3) is 0.429. The van der Waals surface area contributed by atoms with E-state index in [-0.39, 0.29) is 0 Å². The van der Waals surface area contributed by atoms with Gasteiger partial charge in [0, 0.05) is 19.6 Å². The fourth-order valence-electron chi connectivity index (χ4n) is 3.05. The molecule has 1 atom stereocenters. The van der Waals surface area contributed by atoms with Gasteiger partial charge in [0.2, 0.25) is 0 Å². The molecule has 0 bridgehead atoms. The predicted molar refractivity (Wildman–Crippen MR) is 101 cm³/mol. The van der Waals surface area contributed by atoms with Crippen LogP contribution in [0.25, 0.3) is 0 Å². The van der Waals surface area contributed by atoms with Gasteiger partial charge in [-0.25, -0.2) is 0 Å². The summed E-state index contributed by atoms with van der Waals surface area (Å²) in [6, 6.07) is 18.5. The van der Waals surface area contributed by atoms with Crippen LogP contribution < -0.4 is 4.74 Å². The number of aliphatic hydroxyl groups excluding tert-OH is 1. The van der Waals surface area contributed by atoms with Crippen molar-refractivity contribution in [3.05, 3.63) is 65.7 Å². The first-order valence-corrected chi connectivity index (χ1v) is 9.04. The maximum atomic E-state index is 10.2. The second-order valence-electron chi connectivity index (χ2n) is 6.92. The fourth-order valence-corrected chi connectivity index (χ4v) is 3.05. The Morgan fingerprint density at radius 2 is 1.76 bits per heavy atom. The number of benzene rings is 2. The third kappa shape index (κ3) is 5.85. The van der Waals surface area contributed by atoms with Gasteiger partial charge in [0.15, 0.2) is 0 Å². The number of nitrogens with zero attached hydrogens (tertiary/aromatic N) is 2. The molecule has 0 radical (unpaired) electrons. The van der Waals surface area contributed by atoms with Crippen molar-refractivity contribution in [3.8, 4) is 5.75 Å². The van der Waals surface area contributed by atoms with Crippen molar-refractivity contribution in [2.24, 2.45) is 0 Å². The monoisotopic (exact) mass is 340 g/mol. The zero-order valence-corrected chi connectivity index (χ0v) is 15.0. The maximum Gasteiger partial charge on any atom is 0.119 e. The molecular weight excluding hydrogens is 312 g/mol. The van der Waals surface area contributed by atoms with Crippen molar-refractivity contribution in [3.63, 3.8) is 0 Å². The summed E-state index contributed by atoms with van der Waals surface area (Å²) in [5, 5.41) is 10.2. The van der Waals surface area contributed by atoms with E-state index in [9.17, 15) is 5.11 Å². The molecule has 1 saturated heterocycles. The van der Waals surface area contributed by atoms with E-state index in [2.05, 4.69) is 34.1 Å². The predicted octanol–water partition coefficient (Wildman–Crippen LogP) is 2.76. The molecule has 2 aromatic carbocycles. The van der Waals surface area contributed by atoms with Crippen LogP contribution >= 0.6 is 0 Å². The van der Waals surface area contributed by atoms with Gasteiger partial charge in [-0.2, -0.15) is 0 Å². The quantitative estimate of drug-likeness (QED) is 0.761. The number of hydrogen-bond donors (Lipinski definition) is 1. The topological polar surface area (TPSA) is 35.9 Å². The van der Waals surface area contributed by atoms with Crippen molar-refractivity contribution < 1.29 is 9.84 Å². The van der Waals surface area contributed by atoms with Crippen molar-refractivity contribution in [2.45, 2.75) is 25.6 Å². The first-order chi connectivity index (χ1) is 12.2. The normalized spacial score (nSPS) is 15.8. The number of hydrogen-bond acceptors (Lipinski definition) is 4. The van der Waals surface area contributed by atoms with Crippen LogP contribution in [-0.4, -0.2) is 54.3 Å². The summed E-state index contributed by atoms with van der Waals surface area (Å²) >= 11 is 0. The van der Waals surface area contributed by atoms with E-state index in [1.165, 1.54) is 30.6 Å². The van der Waals surface area contributed by atoms with Crippen LogP contribution in [0.1, 0.15) is 17.5 Å². The minimum atomic E-state index is -0.505. The molecule has 25 heavy (non-hydrogen) atoms. The van der Waals surface area contributed by atoms with Crippen molar-refractivity contribution in [2.75, 3.05) is 33.3 Å². The minimum Gasteiger partial charge on any atom is -0.491 e. The van der Waals surface area contributed by atoms with Crippen LogP contribution in [0, 0.1) is 0 Å². The number of likely N-dealkylation sites (tertiary alicyclic amines) is 1. The van der Waals surface area contributed by atoms with Crippen LogP contribution in [0.15, 0.2) is 54.6 Å². The smallest absolute Gasteiger partial charge is 0.119 e. The van der Waals surface area contributed by atoms with Gasteiger partial charge in [-0.3, -0.25) is 9.80 Å². The van der Waals surface area contributed by atoms with Gasteiger partial charge in [0.25, 0.3) is 0 Å². The Morgan fingerprint density at radius 1 is 1.04 bits per heavy atom. The number of ether oxygens (including phenoxy) is 1. The molecule has 1 aliphatic heterocycles. The van der Waals surface area contributed by atoms with Crippen LogP contribution in [0.3, 0.4) is 0 Å². The largest absolute Gasteiger partial charge is 0.491 e. The Balaban J connectivity index is 1.38. The van der Waals surface area contributed by atoms with Gasteiger partial charge < -0.3 is 9.84 Å². The van der Waals surface area contributed by atoms with Gasteiger partial charge in [-0.15, -0.1) is 0 Å². The Kier molecular flexibility index (Phi) is 6.45. The molecule has 134 valence electrons. The summed E-state index contributed by atoms with van der Waals surface area (Å²) < 4.78 is 5.73. The van der Waals surface area contributed by atoms with E-state index in [0.717, 1.165) is 18.8 Å². The Bertz CT molecular complexity index is 626. The van der Waals surface area contributed by atoms with Crippen LogP contribution in [0.2, 0.25) is 0 Å².